The Labute approximate surface area is 183 Å². The second kappa shape index (κ2) is 8.51. The van der Waals surface area contributed by atoms with Crippen LogP contribution in [0.1, 0.15) is 56.5 Å². The number of hydrogen-bond donors (Lipinski definition) is 0. The molecule has 1 aliphatic heterocycles. The van der Waals surface area contributed by atoms with Crippen molar-refractivity contribution in [3.8, 4) is 0 Å². The number of esters is 1. The summed E-state index contributed by atoms with van der Waals surface area (Å²) < 4.78 is 12.9. The first-order valence-corrected chi connectivity index (χ1v) is 11.1. The Bertz CT molecular complexity index is 1310. The van der Waals surface area contributed by atoms with Gasteiger partial charge in [-0.15, -0.1) is 0 Å². The van der Waals surface area contributed by atoms with Crippen LogP contribution in [0.25, 0.3) is 6.08 Å². The largest absolute Gasteiger partial charge is 0.467 e. The summed E-state index contributed by atoms with van der Waals surface area (Å²) in [6.45, 7) is 8.02. The average molecular weight is 437 g/mol. The molecule has 0 fully saturated rings. The van der Waals surface area contributed by atoms with Crippen LogP contribution < -0.4 is 14.9 Å². The number of nitrogens with zero attached hydrogens (tertiary/aromatic N) is 2. The molecule has 3 heterocycles. The van der Waals surface area contributed by atoms with E-state index in [1.54, 1.807) is 26.0 Å². The van der Waals surface area contributed by atoms with Crippen LogP contribution in [0.5, 0.6) is 0 Å². The van der Waals surface area contributed by atoms with Gasteiger partial charge in [0.15, 0.2) is 4.80 Å². The van der Waals surface area contributed by atoms with Gasteiger partial charge in [0.05, 0.1) is 28.7 Å². The van der Waals surface area contributed by atoms with E-state index in [1.165, 1.54) is 27.7 Å². The summed E-state index contributed by atoms with van der Waals surface area (Å²) in [5.41, 5.74) is 2.80. The highest BCUT2D eigenvalue weighted by atomic mass is 32.1. The Morgan fingerprint density at radius 3 is 2.65 bits per heavy atom. The van der Waals surface area contributed by atoms with E-state index in [0.717, 1.165) is 5.56 Å². The Morgan fingerprint density at radius 2 is 2.03 bits per heavy atom. The quantitative estimate of drug-likeness (QED) is 0.574. The lowest BCUT2D eigenvalue weighted by atomic mass is 10.0. The highest BCUT2D eigenvalue weighted by Gasteiger charge is 2.34. The summed E-state index contributed by atoms with van der Waals surface area (Å²) in [7, 11) is 0. The second-order valence-electron chi connectivity index (χ2n) is 7.64. The van der Waals surface area contributed by atoms with Gasteiger partial charge in [0, 0.05) is 0 Å². The van der Waals surface area contributed by atoms with Crippen LogP contribution in [-0.2, 0) is 9.53 Å². The minimum absolute atomic E-state index is 0.215. The molecule has 31 heavy (non-hydrogen) atoms. The van der Waals surface area contributed by atoms with Crippen LogP contribution in [0.2, 0.25) is 0 Å². The first-order chi connectivity index (χ1) is 14.9. The predicted octanol–water partition coefficient (Wildman–Crippen LogP) is 3.51. The molecule has 0 aliphatic carbocycles. The predicted molar refractivity (Wildman–Crippen MR) is 120 cm³/mol. The average Bonchev–Trinajstić information content (AvgIpc) is 3.36. The molecule has 0 saturated carbocycles. The fourth-order valence-electron chi connectivity index (χ4n) is 3.64. The zero-order valence-electron chi connectivity index (χ0n) is 17.9. The number of ether oxygens (including phenoxy) is 1. The van der Waals surface area contributed by atoms with E-state index >= 15 is 0 Å². The van der Waals surface area contributed by atoms with Gasteiger partial charge < -0.3 is 9.15 Å². The van der Waals surface area contributed by atoms with Gasteiger partial charge in [-0.1, -0.05) is 49.4 Å². The van der Waals surface area contributed by atoms with Crippen LogP contribution in [0.3, 0.4) is 0 Å². The van der Waals surface area contributed by atoms with E-state index < -0.39 is 12.0 Å². The molecule has 6 nitrogen and oxygen atoms in total. The molecule has 3 aromatic rings. The van der Waals surface area contributed by atoms with E-state index in [9.17, 15) is 9.59 Å². The van der Waals surface area contributed by atoms with E-state index in [1.807, 2.05) is 18.2 Å². The maximum absolute atomic E-state index is 13.4. The van der Waals surface area contributed by atoms with Crippen LogP contribution in [-0.4, -0.2) is 17.1 Å². The Hall–Kier alpha value is -3.19. The number of carbonyl (C=O) groups is 1. The van der Waals surface area contributed by atoms with Crippen molar-refractivity contribution in [2.75, 3.05) is 6.61 Å². The van der Waals surface area contributed by atoms with Crippen LogP contribution in [0, 0.1) is 0 Å². The molecule has 7 heteroatoms. The van der Waals surface area contributed by atoms with Gasteiger partial charge in [-0.2, -0.15) is 0 Å². The molecule has 2 aromatic heterocycles. The lowest BCUT2D eigenvalue weighted by Gasteiger charge is -2.22. The van der Waals surface area contributed by atoms with Crippen molar-refractivity contribution in [3.05, 3.63) is 90.5 Å². The first-order valence-electron chi connectivity index (χ1n) is 10.2. The summed E-state index contributed by atoms with van der Waals surface area (Å²) in [5.74, 6) is 0.437. The maximum Gasteiger partial charge on any atom is 0.338 e. The van der Waals surface area contributed by atoms with Crippen molar-refractivity contribution in [2.45, 2.75) is 39.7 Å². The number of furan rings is 1. The molecule has 0 radical (unpaired) electrons. The lowest BCUT2D eigenvalue weighted by Crippen LogP contribution is -2.39. The number of benzene rings is 1. The Morgan fingerprint density at radius 1 is 1.29 bits per heavy atom. The summed E-state index contributed by atoms with van der Waals surface area (Å²) in [4.78, 5) is 31.2. The molecule has 0 bridgehead atoms. The van der Waals surface area contributed by atoms with Gasteiger partial charge in [-0.25, -0.2) is 9.79 Å². The van der Waals surface area contributed by atoms with Crippen LogP contribution in [0.15, 0.2) is 68.1 Å². The first kappa shape index (κ1) is 21.1. The SMILES string of the molecule is CCOC(=O)C1=C(C)N=c2sc(=Cc3ccc(C(C)C)cc3)c(=O)n2C1c1ccco1. The van der Waals surface area contributed by atoms with Gasteiger partial charge in [-0.3, -0.25) is 9.36 Å². The summed E-state index contributed by atoms with van der Waals surface area (Å²) in [5, 5.41) is 0. The van der Waals surface area contributed by atoms with Gasteiger partial charge >= 0.3 is 5.97 Å². The summed E-state index contributed by atoms with van der Waals surface area (Å²) in [6.07, 6.45) is 3.39. The van der Waals surface area contributed by atoms with Gasteiger partial charge in [0.2, 0.25) is 0 Å². The smallest absolute Gasteiger partial charge is 0.338 e. The van der Waals surface area contributed by atoms with E-state index in [-0.39, 0.29) is 12.2 Å². The lowest BCUT2D eigenvalue weighted by molar-refractivity contribution is -0.139. The molecule has 0 amide bonds. The minimum Gasteiger partial charge on any atom is -0.467 e. The molecule has 0 N–H and O–H groups in total. The summed E-state index contributed by atoms with van der Waals surface area (Å²) in [6, 6.07) is 10.9. The standard InChI is InChI=1S/C24H24N2O4S/c1-5-29-23(28)20-15(4)25-24-26(21(20)18-7-6-12-30-18)22(27)19(31-24)13-16-8-10-17(11-9-16)14(2)3/h6-14,21H,5H2,1-4H3. The molecule has 1 aliphatic rings. The second-order valence-corrected chi connectivity index (χ2v) is 8.65. The van der Waals surface area contributed by atoms with Crippen LogP contribution in [0.4, 0.5) is 0 Å². The fraction of sp³-hybridized carbons (Fsp3) is 0.292. The molecule has 0 saturated heterocycles. The van der Waals surface area contributed by atoms with E-state index in [2.05, 4.69) is 31.0 Å². The number of allylic oxidation sites excluding steroid dienone is 1. The number of thiazole rings is 1. The topological polar surface area (TPSA) is 73.8 Å². The third-order valence-electron chi connectivity index (χ3n) is 5.23. The highest BCUT2D eigenvalue weighted by Crippen LogP contribution is 2.30. The monoisotopic (exact) mass is 436 g/mol. The third-order valence-corrected chi connectivity index (χ3v) is 6.21. The van der Waals surface area contributed by atoms with Crippen molar-refractivity contribution in [1.82, 2.24) is 4.57 Å². The van der Waals surface area contributed by atoms with E-state index in [0.29, 0.717) is 32.3 Å². The fourth-order valence-corrected chi connectivity index (χ4v) is 4.68. The van der Waals surface area contributed by atoms with Crippen molar-refractivity contribution in [2.24, 2.45) is 4.99 Å². The molecule has 4 rings (SSSR count). The molecular weight excluding hydrogens is 412 g/mol. The number of aromatic nitrogens is 1. The van der Waals surface area contributed by atoms with Crippen molar-refractivity contribution < 1.29 is 13.9 Å². The van der Waals surface area contributed by atoms with Gasteiger partial charge in [0.1, 0.15) is 11.8 Å². The number of fused-ring (bicyclic) bond motifs is 1. The Balaban J connectivity index is 1.87. The number of hydrogen-bond acceptors (Lipinski definition) is 6. The summed E-state index contributed by atoms with van der Waals surface area (Å²) >= 11 is 1.30. The van der Waals surface area contributed by atoms with Crippen molar-refractivity contribution in [1.29, 1.82) is 0 Å². The van der Waals surface area contributed by atoms with Gasteiger partial charge in [0.25, 0.3) is 5.56 Å². The third kappa shape index (κ3) is 3.93. The van der Waals surface area contributed by atoms with E-state index in [4.69, 9.17) is 9.15 Å². The Kier molecular flexibility index (Phi) is 5.78. The molecule has 0 spiro atoms. The highest BCUT2D eigenvalue weighted by molar-refractivity contribution is 7.07. The zero-order chi connectivity index (χ0) is 22.1. The maximum atomic E-state index is 13.4. The van der Waals surface area contributed by atoms with Crippen molar-refractivity contribution in [3.63, 3.8) is 0 Å². The molecular formula is C24H24N2O4S. The number of rotatable bonds is 5. The van der Waals surface area contributed by atoms with Gasteiger partial charge in [-0.05, 0) is 49.1 Å². The number of carbonyl (C=O) groups excluding carboxylic acids is 1. The minimum atomic E-state index is -0.712. The molecule has 1 atom stereocenters. The molecule has 160 valence electrons. The zero-order valence-corrected chi connectivity index (χ0v) is 18.7. The molecule has 1 unspecified atom stereocenters. The molecule has 1 aromatic carbocycles. The van der Waals surface area contributed by atoms with Crippen molar-refractivity contribution >= 4 is 23.4 Å². The normalized spacial score (nSPS) is 16.4. The van der Waals surface area contributed by atoms with Crippen LogP contribution >= 0.6 is 11.3 Å².